The van der Waals surface area contributed by atoms with Crippen LogP contribution in [0, 0.1) is 5.82 Å². The third kappa shape index (κ3) is 4.19. The molecule has 0 aliphatic heterocycles. The van der Waals surface area contributed by atoms with Crippen molar-refractivity contribution in [2.75, 3.05) is 0 Å². The van der Waals surface area contributed by atoms with Gasteiger partial charge in [0.2, 0.25) is 5.91 Å². The van der Waals surface area contributed by atoms with Crippen molar-refractivity contribution in [2.45, 2.75) is 44.2 Å². The minimum Gasteiger partial charge on any atom is -0.476 e. The molecule has 0 radical (unpaired) electrons. The van der Waals surface area contributed by atoms with E-state index in [0.717, 1.165) is 25.7 Å². The maximum absolute atomic E-state index is 13.8. The minimum absolute atomic E-state index is 0.00763. The number of aromatic nitrogens is 3. The van der Waals surface area contributed by atoms with E-state index >= 15 is 0 Å². The molecule has 1 aliphatic rings. The number of benzene rings is 1. The standard InChI is InChI=1S/C17H18ClFN4O3/c18-13-2-1-3-14(19)12(13)8-16(24)20-10-4-6-11(7-5-10)23-9-15(17(25)26)21-22-23/h1-3,9-11H,4-8H2,(H,20,24)(H,25,26)/t10-,11+. The zero-order chi connectivity index (χ0) is 18.7. The number of carboxylic acids is 1. The molecule has 1 heterocycles. The fraction of sp³-hybridized carbons (Fsp3) is 0.412. The van der Waals surface area contributed by atoms with Gasteiger partial charge in [0.25, 0.3) is 0 Å². The van der Waals surface area contributed by atoms with Gasteiger partial charge in [-0.2, -0.15) is 0 Å². The Morgan fingerprint density at radius 1 is 1.31 bits per heavy atom. The SMILES string of the molecule is O=C(Cc1c(F)cccc1Cl)N[C@H]1CC[C@@H](n2cc(C(=O)O)nn2)CC1. The fourth-order valence-corrected chi connectivity index (χ4v) is 3.41. The van der Waals surface area contributed by atoms with Gasteiger partial charge in [-0.05, 0) is 37.8 Å². The van der Waals surface area contributed by atoms with Crippen LogP contribution in [0.3, 0.4) is 0 Å². The summed E-state index contributed by atoms with van der Waals surface area (Å²) in [5.74, 6) is -1.87. The number of rotatable bonds is 5. The summed E-state index contributed by atoms with van der Waals surface area (Å²) in [6, 6.07) is 4.39. The monoisotopic (exact) mass is 380 g/mol. The van der Waals surface area contributed by atoms with Gasteiger partial charge in [-0.15, -0.1) is 5.10 Å². The summed E-state index contributed by atoms with van der Waals surface area (Å²) in [6.45, 7) is 0. The summed E-state index contributed by atoms with van der Waals surface area (Å²) >= 11 is 5.95. The van der Waals surface area contributed by atoms with Crippen LogP contribution in [0.2, 0.25) is 5.02 Å². The molecule has 3 rings (SSSR count). The molecule has 0 spiro atoms. The molecule has 1 fully saturated rings. The van der Waals surface area contributed by atoms with Crippen molar-refractivity contribution >= 4 is 23.5 Å². The van der Waals surface area contributed by atoms with E-state index in [-0.39, 0.29) is 40.7 Å². The molecule has 7 nitrogen and oxygen atoms in total. The van der Waals surface area contributed by atoms with Crippen molar-refractivity contribution in [3.8, 4) is 0 Å². The summed E-state index contributed by atoms with van der Waals surface area (Å²) in [5, 5.41) is 19.5. The summed E-state index contributed by atoms with van der Waals surface area (Å²) < 4.78 is 15.3. The van der Waals surface area contributed by atoms with Crippen molar-refractivity contribution in [1.82, 2.24) is 20.3 Å². The predicted molar refractivity (Wildman–Crippen MR) is 91.5 cm³/mol. The summed E-state index contributed by atoms with van der Waals surface area (Å²) in [4.78, 5) is 23.1. The van der Waals surface area contributed by atoms with Gasteiger partial charge in [0.05, 0.1) is 18.7 Å². The smallest absolute Gasteiger partial charge is 0.358 e. The number of halogens is 2. The van der Waals surface area contributed by atoms with Crippen LogP contribution in [0.15, 0.2) is 24.4 Å². The first-order valence-electron chi connectivity index (χ1n) is 8.31. The molecule has 26 heavy (non-hydrogen) atoms. The number of aromatic carboxylic acids is 1. The van der Waals surface area contributed by atoms with Gasteiger partial charge in [-0.3, -0.25) is 4.79 Å². The Hall–Kier alpha value is -2.48. The average Bonchev–Trinajstić information content (AvgIpc) is 3.09. The van der Waals surface area contributed by atoms with Gasteiger partial charge in [0, 0.05) is 16.6 Å². The lowest BCUT2D eigenvalue weighted by molar-refractivity contribution is -0.121. The topological polar surface area (TPSA) is 97.1 Å². The molecule has 0 bridgehead atoms. The van der Waals surface area contributed by atoms with Crippen LogP contribution in [-0.2, 0) is 11.2 Å². The second kappa shape index (κ2) is 7.82. The van der Waals surface area contributed by atoms with Crippen molar-refractivity contribution < 1.29 is 19.1 Å². The van der Waals surface area contributed by atoms with Crippen molar-refractivity contribution in [2.24, 2.45) is 0 Å². The highest BCUT2D eigenvalue weighted by atomic mass is 35.5. The molecule has 0 saturated heterocycles. The van der Waals surface area contributed by atoms with Crippen LogP contribution in [0.4, 0.5) is 4.39 Å². The Kier molecular flexibility index (Phi) is 5.51. The Morgan fingerprint density at radius 2 is 2.04 bits per heavy atom. The number of nitrogens with zero attached hydrogens (tertiary/aromatic N) is 3. The van der Waals surface area contributed by atoms with Crippen LogP contribution in [0.1, 0.15) is 47.8 Å². The van der Waals surface area contributed by atoms with Crippen LogP contribution >= 0.6 is 11.6 Å². The first kappa shape index (κ1) is 18.3. The summed E-state index contributed by atoms with van der Waals surface area (Å²) in [6.07, 6.45) is 4.26. The second-order valence-electron chi connectivity index (χ2n) is 6.34. The molecule has 1 aromatic carbocycles. The molecule has 1 saturated carbocycles. The van der Waals surface area contributed by atoms with Crippen LogP contribution in [-0.4, -0.2) is 38.0 Å². The lowest BCUT2D eigenvalue weighted by Gasteiger charge is -2.29. The first-order chi connectivity index (χ1) is 12.4. The number of nitrogens with one attached hydrogen (secondary N) is 1. The first-order valence-corrected chi connectivity index (χ1v) is 8.69. The third-order valence-electron chi connectivity index (χ3n) is 4.56. The number of hydrogen-bond acceptors (Lipinski definition) is 4. The lowest BCUT2D eigenvalue weighted by atomic mass is 9.91. The van der Waals surface area contributed by atoms with Gasteiger partial charge < -0.3 is 10.4 Å². The Balaban J connectivity index is 1.52. The molecule has 0 unspecified atom stereocenters. The highest BCUT2D eigenvalue weighted by molar-refractivity contribution is 6.31. The molecule has 0 atom stereocenters. The van der Waals surface area contributed by atoms with E-state index < -0.39 is 11.8 Å². The summed E-state index contributed by atoms with van der Waals surface area (Å²) in [5.41, 5.74) is 0.117. The van der Waals surface area contributed by atoms with E-state index in [1.807, 2.05) is 0 Å². The predicted octanol–water partition coefficient (Wildman–Crippen LogP) is 2.61. The lowest BCUT2D eigenvalue weighted by Crippen LogP contribution is -2.39. The van der Waals surface area contributed by atoms with E-state index in [9.17, 15) is 14.0 Å². The fourth-order valence-electron chi connectivity index (χ4n) is 3.18. The van der Waals surface area contributed by atoms with Gasteiger partial charge in [0.15, 0.2) is 5.69 Å². The number of carbonyl (C=O) groups excluding carboxylic acids is 1. The highest BCUT2D eigenvalue weighted by Gasteiger charge is 2.25. The third-order valence-corrected chi connectivity index (χ3v) is 4.92. The minimum atomic E-state index is -1.11. The molecular formula is C17H18ClFN4O3. The van der Waals surface area contributed by atoms with Gasteiger partial charge in [-0.1, -0.05) is 22.9 Å². The van der Waals surface area contributed by atoms with Crippen molar-refractivity contribution in [3.05, 3.63) is 46.5 Å². The van der Waals surface area contributed by atoms with Crippen LogP contribution in [0.25, 0.3) is 0 Å². The van der Waals surface area contributed by atoms with Crippen LogP contribution < -0.4 is 5.32 Å². The van der Waals surface area contributed by atoms with Crippen molar-refractivity contribution in [1.29, 1.82) is 0 Å². The van der Waals surface area contributed by atoms with Crippen molar-refractivity contribution in [3.63, 3.8) is 0 Å². The normalized spacial score (nSPS) is 19.9. The van der Waals surface area contributed by atoms with Gasteiger partial charge in [0.1, 0.15) is 5.82 Å². The molecule has 1 aliphatic carbocycles. The Labute approximate surface area is 154 Å². The molecular weight excluding hydrogens is 363 g/mol. The number of carbonyl (C=O) groups is 2. The van der Waals surface area contributed by atoms with Gasteiger partial charge in [-0.25, -0.2) is 13.9 Å². The molecule has 1 amide bonds. The van der Waals surface area contributed by atoms with Gasteiger partial charge >= 0.3 is 5.97 Å². The maximum atomic E-state index is 13.8. The molecule has 9 heteroatoms. The average molecular weight is 381 g/mol. The Morgan fingerprint density at radius 3 is 2.65 bits per heavy atom. The largest absolute Gasteiger partial charge is 0.476 e. The number of carboxylic acid groups (broad SMARTS) is 1. The quantitative estimate of drug-likeness (QED) is 0.831. The molecule has 2 N–H and O–H groups in total. The number of amides is 1. The second-order valence-corrected chi connectivity index (χ2v) is 6.75. The zero-order valence-electron chi connectivity index (χ0n) is 13.9. The number of hydrogen-bond donors (Lipinski definition) is 2. The summed E-state index contributed by atoms with van der Waals surface area (Å²) in [7, 11) is 0. The van der Waals surface area contributed by atoms with Crippen LogP contribution in [0.5, 0.6) is 0 Å². The van der Waals surface area contributed by atoms with E-state index in [0.29, 0.717) is 0 Å². The molecule has 1 aromatic heterocycles. The molecule has 2 aromatic rings. The van der Waals surface area contributed by atoms with E-state index in [1.54, 1.807) is 10.7 Å². The highest BCUT2D eigenvalue weighted by Crippen LogP contribution is 2.28. The maximum Gasteiger partial charge on any atom is 0.358 e. The molecule has 138 valence electrons. The zero-order valence-corrected chi connectivity index (χ0v) is 14.6. The van der Waals surface area contributed by atoms with E-state index in [2.05, 4.69) is 15.6 Å². The van der Waals surface area contributed by atoms with E-state index in [1.165, 1.54) is 18.3 Å². The Bertz CT molecular complexity index is 798. The van der Waals surface area contributed by atoms with E-state index in [4.69, 9.17) is 16.7 Å².